The van der Waals surface area contributed by atoms with Crippen molar-refractivity contribution < 1.29 is 0 Å². The number of amidine groups is 1. The first-order valence-electron chi connectivity index (χ1n) is 4.36. The lowest BCUT2D eigenvalue weighted by Gasteiger charge is -2.28. The molecule has 1 heterocycles. The average Bonchev–Trinajstić information content (AvgIpc) is 2.09. The van der Waals surface area contributed by atoms with Crippen molar-refractivity contribution in [1.29, 1.82) is 10.9 Å². The van der Waals surface area contributed by atoms with E-state index in [1.165, 1.54) is 0 Å². The van der Waals surface area contributed by atoms with Crippen LogP contribution in [-0.4, -0.2) is 30.9 Å². The van der Waals surface area contributed by atoms with E-state index in [0.29, 0.717) is 12.3 Å². The molecule has 0 aromatic carbocycles. The third-order valence-corrected chi connectivity index (χ3v) is 2.46. The average molecular weight is 168 g/mol. The Balaban J connectivity index is 2.26. The second kappa shape index (κ2) is 4.30. The van der Waals surface area contributed by atoms with E-state index < -0.39 is 0 Å². The molecule has 0 aromatic heterocycles. The summed E-state index contributed by atoms with van der Waals surface area (Å²) in [7, 11) is 2.12. The van der Waals surface area contributed by atoms with Crippen LogP contribution in [0.1, 0.15) is 19.3 Å². The number of hydrogen-bond donors (Lipinski definition) is 2. The molecule has 0 radical (unpaired) electrons. The number of rotatable bonds is 2. The molecule has 4 heteroatoms. The van der Waals surface area contributed by atoms with Crippen LogP contribution in [0, 0.1) is 16.9 Å². The van der Waals surface area contributed by atoms with Gasteiger partial charge in [-0.15, -0.1) is 5.11 Å². The Hall–Kier alpha value is -0.770. The smallest absolute Gasteiger partial charge is 0.142 e. The molecule has 1 saturated heterocycles. The van der Waals surface area contributed by atoms with E-state index in [-0.39, 0.29) is 5.84 Å². The number of hydrogen-bond acceptors (Lipinski definition) is 3. The molecular weight excluding hydrogens is 152 g/mol. The molecule has 4 nitrogen and oxygen atoms in total. The number of nitrogens with one attached hydrogen (secondary N) is 2. The van der Waals surface area contributed by atoms with Crippen molar-refractivity contribution in [2.75, 3.05) is 20.1 Å². The normalized spacial score (nSPS) is 20.8. The van der Waals surface area contributed by atoms with Crippen LogP contribution in [0.15, 0.2) is 5.11 Å². The molecule has 1 aliphatic rings. The lowest BCUT2D eigenvalue weighted by atomic mass is 9.93. The fourth-order valence-electron chi connectivity index (χ4n) is 1.59. The number of piperidine rings is 1. The predicted octanol–water partition coefficient (Wildman–Crippen LogP) is 1.73. The van der Waals surface area contributed by atoms with Crippen molar-refractivity contribution in [1.82, 2.24) is 4.90 Å². The minimum absolute atomic E-state index is 0.226. The highest BCUT2D eigenvalue weighted by molar-refractivity contribution is 5.79. The Morgan fingerprint density at radius 1 is 1.50 bits per heavy atom. The van der Waals surface area contributed by atoms with E-state index in [0.717, 1.165) is 25.9 Å². The summed E-state index contributed by atoms with van der Waals surface area (Å²) in [5.74, 6) is 0.812. The Bertz CT molecular complexity index is 170. The molecule has 0 aromatic rings. The molecule has 0 bridgehead atoms. The molecule has 0 unspecified atom stereocenters. The Morgan fingerprint density at radius 3 is 2.58 bits per heavy atom. The summed E-state index contributed by atoms with van der Waals surface area (Å²) >= 11 is 0. The van der Waals surface area contributed by atoms with Gasteiger partial charge in [-0.05, 0) is 38.9 Å². The summed E-state index contributed by atoms with van der Waals surface area (Å²) in [5, 5.41) is 10.4. The maximum Gasteiger partial charge on any atom is 0.142 e. The molecule has 68 valence electrons. The predicted molar refractivity (Wildman–Crippen MR) is 47.7 cm³/mol. The lowest BCUT2D eigenvalue weighted by molar-refractivity contribution is 0.223. The molecular formula is C8H16N4. The van der Waals surface area contributed by atoms with Gasteiger partial charge in [0.2, 0.25) is 0 Å². The summed E-state index contributed by atoms with van der Waals surface area (Å²) in [6.07, 6.45) is 2.99. The molecule has 1 fully saturated rings. The number of likely N-dealkylation sites (tertiary alicyclic amines) is 1. The SMILES string of the molecule is CN1CCC(CC(=N)N=N)CC1. The molecule has 0 aliphatic carbocycles. The first-order chi connectivity index (χ1) is 5.72. The third kappa shape index (κ3) is 2.70. The minimum atomic E-state index is 0.226. The topological polar surface area (TPSA) is 63.3 Å². The van der Waals surface area contributed by atoms with Gasteiger partial charge in [-0.3, -0.25) is 5.41 Å². The van der Waals surface area contributed by atoms with E-state index in [9.17, 15) is 0 Å². The second-order valence-corrected chi connectivity index (χ2v) is 3.51. The largest absolute Gasteiger partial charge is 0.306 e. The summed E-state index contributed by atoms with van der Waals surface area (Å²) in [4.78, 5) is 2.30. The summed E-state index contributed by atoms with van der Waals surface area (Å²) in [6, 6.07) is 0. The standard InChI is InChI=1S/C8H16N4/c1-12-4-2-7(3-5-12)6-8(9)11-10/h7,9-10H,2-6H2,1H3. The zero-order valence-corrected chi connectivity index (χ0v) is 7.51. The van der Waals surface area contributed by atoms with Gasteiger partial charge >= 0.3 is 0 Å². The molecule has 0 spiro atoms. The van der Waals surface area contributed by atoms with Crippen LogP contribution in [0.2, 0.25) is 0 Å². The van der Waals surface area contributed by atoms with Crippen LogP contribution in [-0.2, 0) is 0 Å². The summed E-state index contributed by atoms with van der Waals surface area (Å²) in [6.45, 7) is 2.24. The Labute approximate surface area is 73.0 Å². The van der Waals surface area contributed by atoms with Crippen LogP contribution in [0.4, 0.5) is 0 Å². The van der Waals surface area contributed by atoms with Gasteiger partial charge in [0, 0.05) is 6.42 Å². The second-order valence-electron chi connectivity index (χ2n) is 3.51. The maximum atomic E-state index is 7.26. The van der Waals surface area contributed by atoms with Crippen molar-refractivity contribution in [3.8, 4) is 0 Å². The van der Waals surface area contributed by atoms with Crippen LogP contribution in [0.25, 0.3) is 0 Å². The van der Waals surface area contributed by atoms with Gasteiger partial charge in [0.1, 0.15) is 5.84 Å². The van der Waals surface area contributed by atoms with Crippen LogP contribution >= 0.6 is 0 Å². The number of nitrogens with zero attached hydrogens (tertiary/aromatic N) is 2. The first-order valence-corrected chi connectivity index (χ1v) is 4.36. The van der Waals surface area contributed by atoms with Crippen molar-refractivity contribution >= 4 is 5.84 Å². The highest BCUT2D eigenvalue weighted by Crippen LogP contribution is 2.19. The highest BCUT2D eigenvalue weighted by Gasteiger charge is 2.17. The molecule has 1 rings (SSSR count). The summed E-state index contributed by atoms with van der Waals surface area (Å²) in [5.41, 5.74) is 6.66. The molecule has 0 atom stereocenters. The maximum absolute atomic E-state index is 7.26. The minimum Gasteiger partial charge on any atom is -0.306 e. The van der Waals surface area contributed by atoms with Gasteiger partial charge in [0.05, 0.1) is 0 Å². The van der Waals surface area contributed by atoms with Crippen molar-refractivity contribution in [3.05, 3.63) is 0 Å². The third-order valence-electron chi connectivity index (χ3n) is 2.46. The van der Waals surface area contributed by atoms with E-state index in [1.54, 1.807) is 0 Å². The van der Waals surface area contributed by atoms with E-state index >= 15 is 0 Å². The lowest BCUT2D eigenvalue weighted by Crippen LogP contribution is -2.30. The van der Waals surface area contributed by atoms with Gasteiger partial charge < -0.3 is 4.90 Å². The van der Waals surface area contributed by atoms with Crippen molar-refractivity contribution in [2.45, 2.75) is 19.3 Å². The molecule has 12 heavy (non-hydrogen) atoms. The first kappa shape index (κ1) is 9.32. The molecule has 0 saturated carbocycles. The van der Waals surface area contributed by atoms with Crippen molar-refractivity contribution in [3.63, 3.8) is 0 Å². The zero-order valence-electron chi connectivity index (χ0n) is 7.51. The quantitative estimate of drug-likeness (QED) is 0.368. The van der Waals surface area contributed by atoms with Crippen LogP contribution in [0.3, 0.4) is 0 Å². The van der Waals surface area contributed by atoms with Gasteiger partial charge in [0.25, 0.3) is 0 Å². The van der Waals surface area contributed by atoms with E-state index in [2.05, 4.69) is 17.1 Å². The summed E-state index contributed by atoms with van der Waals surface area (Å²) < 4.78 is 0. The van der Waals surface area contributed by atoms with Gasteiger partial charge in [-0.1, -0.05) is 0 Å². The Kier molecular flexibility index (Phi) is 3.34. The van der Waals surface area contributed by atoms with E-state index in [1.807, 2.05) is 0 Å². The van der Waals surface area contributed by atoms with E-state index in [4.69, 9.17) is 10.9 Å². The molecule has 2 N–H and O–H groups in total. The Morgan fingerprint density at radius 2 is 2.08 bits per heavy atom. The zero-order chi connectivity index (χ0) is 8.97. The highest BCUT2D eigenvalue weighted by atomic mass is 15.1. The van der Waals surface area contributed by atoms with Crippen molar-refractivity contribution in [2.24, 2.45) is 11.0 Å². The van der Waals surface area contributed by atoms with Crippen LogP contribution < -0.4 is 0 Å². The van der Waals surface area contributed by atoms with Gasteiger partial charge in [-0.25, -0.2) is 5.53 Å². The monoisotopic (exact) mass is 168 g/mol. The van der Waals surface area contributed by atoms with Gasteiger partial charge in [-0.2, -0.15) is 0 Å². The fraction of sp³-hybridized carbons (Fsp3) is 0.875. The van der Waals surface area contributed by atoms with Gasteiger partial charge in [0.15, 0.2) is 0 Å². The molecule has 1 aliphatic heterocycles. The molecule has 0 amide bonds. The van der Waals surface area contributed by atoms with Crippen LogP contribution in [0.5, 0.6) is 0 Å². The fourth-order valence-corrected chi connectivity index (χ4v) is 1.59.